The van der Waals surface area contributed by atoms with Crippen LogP contribution in [0.1, 0.15) is 32.8 Å². The summed E-state index contributed by atoms with van der Waals surface area (Å²) in [5, 5.41) is 0. The first-order valence-corrected chi connectivity index (χ1v) is 8.12. The van der Waals surface area contributed by atoms with Gasteiger partial charge in [0.15, 0.2) is 0 Å². The smallest absolute Gasteiger partial charge is 0.207 e. The fourth-order valence-corrected chi connectivity index (χ4v) is 4.16. The van der Waals surface area contributed by atoms with Crippen molar-refractivity contribution in [3.05, 3.63) is 29.8 Å². The van der Waals surface area contributed by atoms with Gasteiger partial charge in [0, 0.05) is 18.5 Å². The van der Waals surface area contributed by atoms with E-state index in [-0.39, 0.29) is 11.9 Å². The average Bonchev–Trinajstić information content (AvgIpc) is 2.38. The minimum absolute atomic E-state index is 0.0108. The van der Waals surface area contributed by atoms with Gasteiger partial charge in [0.2, 0.25) is 10.0 Å². The van der Waals surface area contributed by atoms with E-state index in [2.05, 4.69) is 0 Å². The van der Waals surface area contributed by atoms with E-state index in [0.717, 1.165) is 6.42 Å². The quantitative estimate of drug-likeness (QED) is 0.754. The molecule has 0 aliphatic rings. The molecular formula is C13H20ClNO2S. The highest BCUT2D eigenvalue weighted by Crippen LogP contribution is 2.23. The van der Waals surface area contributed by atoms with Gasteiger partial charge in [0.05, 0.1) is 4.90 Å². The molecule has 0 saturated heterocycles. The van der Waals surface area contributed by atoms with E-state index < -0.39 is 10.0 Å². The molecule has 1 atom stereocenters. The minimum atomic E-state index is -3.46. The molecule has 0 bridgehead atoms. The van der Waals surface area contributed by atoms with Crippen LogP contribution < -0.4 is 0 Å². The molecule has 0 fully saturated rings. The zero-order chi connectivity index (χ0) is 13.8. The highest BCUT2D eigenvalue weighted by Gasteiger charge is 2.28. The van der Waals surface area contributed by atoms with Crippen molar-refractivity contribution in [1.82, 2.24) is 4.31 Å². The van der Waals surface area contributed by atoms with E-state index in [1.54, 1.807) is 24.3 Å². The Morgan fingerprint density at radius 3 is 2.39 bits per heavy atom. The Hall–Kier alpha value is -0.580. The highest BCUT2D eigenvalue weighted by molar-refractivity contribution is 7.89. The van der Waals surface area contributed by atoms with Crippen molar-refractivity contribution in [2.45, 2.75) is 44.0 Å². The Kier molecular flexibility index (Phi) is 5.63. The Balaban J connectivity index is 3.27. The van der Waals surface area contributed by atoms with Gasteiger partial charge < -0.3 is 0 Å². The van der Waals surface area contributed by atoms with Gasteiger partial charge in [-0.3, -0.25) is 0 Å². The molecule has 0 aromatic heterocycles. The van der Waals surface area contributed by atoms with Crippen LogP contribution in [0.3, 0.4) is 0 Å². The molecule has 3 nitrogen and oxygen atoms in total. The lowest BCUT2D eigenvalue weighted by molar-refractivity contribution is 0.342. The fourth-order valence-electron chi connectivity index (χ4n) is 1.91. The number of halogens is 1. The van der Waals surface area contributed by atoms with Crippen LogP contribution in [0, 0.1) is 0 Å². The zero-order valence-electron chi connectivity index (χ0n) is 11.1. The predicted octanol–water partition coefficient (Wildman–Crippen LogP) is 3.23. The Morgan fingerprint density at radius 2 is 1.89 bits per heavy atom. The van der Waals surface area contributed by atoms with E-state index >= 15 is 0 Å². The molecule has 0 amide bonds. The Bertz CT molecular complexity index is 488. The SMILES string of the molecule is CCC(C)N(CC)S(=O)(=O)c1ccccc1CCl. The molecule has 1 unspecified atom stereocenters. The van der Waals surface area contributed by atoms with Crippen molar-refractivity contribution >= 4 is 21.6 Å². The summed E-state index contributed by atoms with van der Waals surface area (Å²) < 4.78 is 26.7. The molecule has 0 aliphatic carbocycles. The maximum Gasteiger partial charge on any atom is 0.243 e. The summed E-state index contributed by atoms with van der Waals surface area (Å²) in [7, 11) is -3.46. The van der Waals surface area contributed by atoms with Crippen LogP contribution in [0.4, 0.5) is 0 Å². The van der Waals surface area contributed by atoms with Crippen LogP contribution in [0.2, 0.25) is 0 Å². The second-order valence-electron chi connectivity index (χ2n) is 4.21. The van der Waals surface area contributed by atoms with Gasteiger partial charge in [-0.05, 0) is 25.0 Å². The highest BCUT2D eigenvalue weighted by atomic mass is 35.5. The molecular weight excluding hydrogens is 270 g/mol. The van der Waals surface area contributed by atoms with E-state index in [4.69, 9.17) is 11.6 Å². The molecule has 0 heterocycles. The van der Waals surface area contributed by atoms with Crippen molar-refractivity contribution in [2.75, 3.05) is 6.54 Å². The second-order valence-corrected chi connectivity index (χ2v) is 6.33. The molecule has 1 aromatic carbocycles. The van der Waals surface area contributed by atoms with Crippen LogP contribution in [0.25, 0.3) is 0 Å². The number of hydrogen-bond donors (Lipinski definition) is 0. The largest absolute Gasteiger partial charge is 0.243 e. The lowest BCUT2D eigenvalue weighted by Gasteiger charge is -2.27. The molecule has 0 aliphatic heterocycles. The van der Waals surface area contributed by atoms with Crippen molar-refractivity contribution in [2.24, 2.45) is 0 Å². The summed E-state index contributed by atoms with van der Waals surface area (Å²) in [5.74, 6) is 0.202. The first-order chi connectivity index (χ1) is 8.48. The van der Waals surface area contributed by atoms with Crippen molar-refractivity contribution in [1.29, 1.82) is 0 Å². The van der Waals surface area contributed by atoms with Gasteiger partial charge >= 0.3 is 0 Å². The number of benzene rings is 1. The third-order valence-corrected chi connectivity index (χ3v) is 5.57. The van der Waals surface area contributed by atoms with Crippen molar-refractivity contribution < 1.29 is 8.42 Å². The van der Waals surface area contributed by atoms with Crippen LogP contribution in [-0.4, -0.2) is 25.3 Å². The van der Waals surface area contributed by atoms with Crippen LogP contribution in [0.5, 0.6) is 0 Å². The topological polar surface area (TPSA) is 37.4 Å². The number of alkyl halides is 1. The van der Waals surface area contributed by atoms with Crippen molar-refractivity contribution in [3.8, 4) is 0 Å². The predicted molar refractivity (Wildman–Crippen MR) is 75.3 cm³/mol. The number of rotatable bonds is 6. The van der Waals surface area contributed by atoms with Gasteiger partial charge in [-0.1, -0.05) is 32.0 Å². The first-order valence-electron chi connectivity index (χ1n) is 6.14. The van der Waals surface area contributed by atoms with Gasteiger partial charge in [0.1, 0.15) is 0 Å². The van der Waals surface area contributed by atoms with Gasteiger partial charge in [0.25, 0.3) is 0 Å². The molecule has 102 valence electrons. The summed E-state index contributed by atoms with van der Waals surface area (Å²) in [4.78, 5) is 0.321. The summed E-state index contributed by atoms with van der Waals surface area (Å²) >= 11 is 5.82. The molecule has 1 aromatic rings. The normalized spacial score (nSPS) is 13.8. The second kappa shape index (κ2) is 6.55. The minimum Gasteiger partial charge on any atom is -0.207 e. The molecule has 1 rings (SSSR count). The van der Waals surface area contributed by atoms with Crippen LogP contribution >= 0.6 is 11.6 Å². The standard InChI is InChI=1S/C13H20ClNO2S/c1-4-11(3)15(5-2)18(16,17)13-9-7-6-8-12(13)10-14/h6-9,11H,4-5,10H2,1-3H3. The monoisotopic (exact) mass is 289 g/mol. The summed E-state index contributed by atoms with van der Waals surface area (Å²) in [6, 6.07) is 6.90. The Morgan fingerprint density at radius 1 is 1.28 bits per heavy atom. The molecule has 0 N–H and O–H groups in total. The van der Waals surface area contributed by atoms with Gasteiger partial charge in [-0.15, -0.1) is 11.6 Å². The van der Waals surface area contributed by atoms with E-state index in [1.165, 1.54) is 4.31 Å². The zero-order valence-corrected chi connectivity index (χ0v) is 12.6. The fraction of sp³-hybridized carbons (Fsp3) is 0.538. The molecule has 5 heteroatoms. The lowest BCUT2D eigenvalue weighted by Crippen LogP contribution is -2.38. The van der Waals surface area contributed by atoms with Gasteiger partial charge in [-0.25, -0.2) is 8.42 Å². The lowest BCUT2D eigenvalue weighted by atomic mass is 10.2. The van der Waals surface area contributed by atoms with Crippen molar-refractivity contribution in [3.63, 3.8) is 0 Å². The molecule has 0 saturated carbocycles. The van der Waals surface area contributed by atoms with Crippen LogP contribution in [-0.2, 0) is 15.9 Å². The summed E-state index contributed by atoms with van der Waals surface area (Å²) in [6.45, 7) is 6.22. The third-order valence-electron chi connectivity index (χ3n) is 3.10. The van der Waals surface area contributed by atoms with E-state index in [9.17, 15) is 8.42 Å². The molecule has 0 radical (unpaired) electrons. The maximum absolute atomic E-state index is 12.6. The average molecular weight is 290 g/mol. The van der Waals surface area contributed by atoms with Gasteiger partial charge in [-0.2, -0.15) is 4.31 Å². The third kappa shape index (κ3) is 3.05. The Labute approximate surface area is 115 Å². The summed E-state index contributed by atoms with van der Waals surface area (Å²) in [5.41, 5.74) is 0.654. The number of hydrogen-bond acceptors (Lipinski definition) is 2. The van der Waals surface area contributed by atoms with E-state index in [0.29, 0.717) is 17.0 Å². The van der Waals surface area contributed by atoms with E-state index in [1.807, 2.05) is 20.8 Å². The maximum atomic E-state index is 12.6. The van der Waals surface area contributed by atoms with Crippen LogP contribution in [0.15, 0.2) is 29.2 Å². The first kappa shape index (κ1) is 15.5. The number of nitrogens with zero attached hydrogens (tertiary/aromatic N) is 1. The molecule has 0 spiro atoms. The number of sulfonamides is 1. The summed E-state index contributed by atoms with van der Waals surface area (Å²) in [6.07, 6.45) is 0.788. The molecule has 18 heavy (non-hydrogen) atoms.